The molecule has 1 aromatic carbocycles. The summed E-state index contributed by atoms with van der Waals surface area (Å²) in [6, 6.07) is 9.98. The largest absolute Gasteiger partial charge is 0.354 e. The Hall–Kier alpha value is -2.17. The van der Waals surface area contributed by atoms with Crippen molar-refractivity contribution in [1.82, 2.24) is 15.5 Å². The molecule has 126 valence electrons. The molecule has 2 bridgehead atoms. The van der Waals surface area contributed by atoms with Crippen LogP contribution in [0.4, 0.5) is 0 Å². The number of carbonyl (C=O) groups excluding carboxylic acids is 1. The van der Waals surface area contributed by atoms with Crippen molar-refractivity contribution >= 4 is 5.91 Å². The third kappa shape index (κ3) is 2.62. The van der Waals surface area contributed by atoms with Crippen molar-refractivity contribution < 1.29 is 9.32 Å². The minimum absolute atomic E-state index is 0.0322. The number of amides is 1. The number of hydrogen-bond donors (Lipinski definition) is 1. The standard InChI is InChI=1S/C19H23N3O2/c1-11(2)20-18(23)15-13-8-9-14(10-13)16(15)19-21-17(22-24-19)12-6-4-3-5-7-12/h3-7,11,13-16H,8-10H2,1-2H3,(H,20,23)/t13-,14+,15-,16-/m0/s1. The van der Waals surface area contributed by atoms with Gasteiger partial charge in [0.15, 0.2) is 0 Å². The average molecular weight is 325 g/mol. The second kappa shape index (κ2) is 6.04. The molecule has 5 nitrogen and oxygen atoms in total. The van der Waals surface area contributed by atoms with Gasteiger partial charge >= 0.3 is 0 Å². The van der Waals surface area contributed by atoms with Gasteiger partial charge in [-0.25, -0.2) is 0 Å². The molecule has 0 radical (unpaired) electrons. The third-order valence-electron chi connectivity index (χ3n) is 5.41. The predicted molar refractivity (Wildman–Crippen MR) is 90.1 cm³/mol. The van der Waals surface area contributed by atoms with E-state index in [0.29, 0.717) is 23.6 Å². The van der Waals surface area contributed by atoms with Gasteiger partial charge in [-0.3, -0.25) is 4.79 Å². The van der Waals surface area contributed by atoms with E-state index in [1.807, 2.05) is 44.2 Å². The summed E-state index contributed by atoms with van der Waals surface area (Å²) < 4.78 is 5.60. The molecule has 2 aliphatic rings. The lowest BCUT2D eigenvalue weighted by atomic mass is 9.78. The van der Waals surface area contributed by atoms with Gasteiger partial charge in [-0.1, -0.05) is 35.5 Å². The van der Waals surface area contributed by atoms with E-state index in [4.69, 9.17) is 4.52 Å². The second-order valence-corrected chi connectivity index (χ2v) is 7.37. The van der Waals surface area contributed by atoms with Gasteiger partial charge in [0, 0.05) is 11.6 Å². The fraction of sp³-hybridized carbons (Fsp3) is 0.526. The highest BCUT2D eigenvalue weighted by Gasteiger charge is 2.53. The third-order valence-corrected chi connectivity index (χ3v) is 5.41. The van der Waals surface area contributed by atoms with Crippen LogP contribution in [0.15, 0.2) is 34.9 Å². The summed E-state index contributed by atoms with van der Waals surface area (Å²) in [7, 11) is 0. The Bertz CT molecular complexity index is 725. The van der Waals surface area contributed by atoms with E-state index in [1.54, 1.807) is 0 Å². The maximum Gasteiger partial charge on any atom is 0.231 e. The lowest BCUT2D eigenvalue weighted by Gasteiger charge is -2.28. The van der Waals surface area contributed by atoms with E-state index in [9.17, 15) is 4.79 Å². The van der Waals surface area contributed by atoms with Gasteiger partial charge < -0.3 is 9.84 Å². The minimum Gasteiger partial charge on any atom is -0.354 e. The molecule has 4 rings (SSSR count). The molecule has 0 saturated heterocycles. The van der Waals surface area contributed by atoms with Crippen LogP contribution in [0.2, 0.25) is 0 Å². The average Bonchev–Trinajstić information content (AvgIpc) is 3.29. The fourth-order valence-electron chi connectivity index (χ4n) is 4.48. The molecule has 2 saturated carbocycles. The monoisotopic (exact) mass is 325 g/mol. The van der Waals surface area contributed by atoms with Gasteiger partial charge in [-0.05, 0) is 44.9 Å². The molecule has 1 aromatic heterocycles. The number of carbonyl (C=O) groups is 1. The maximum absolute atomic E-state index is 12.7. The lowest BCUT2D eigenvalue weighted by Crippen LogP contribution is -2.40. The highest BCUT2D eigenvalue weighted by molar-refractivity contribution is 5.80. The van der Waals surface area contributed by atoms with Crippen LogP contribution < -0.4 is 5.32 Å². The van der Waals surface area contributed by atoms with Gasteiger partial charge in [-0.15, -0.1) is 0 Å². The van der Waals surface area contributed by atoms with E-state index >= 15 is 0 Å². The van der Waals surface area contributed by atoms with Gasteiger partial charge in [0.1, 0.15) is 0 Å². The molecule has 2 aliphatic carbocycles. The Morgan fingerprint density at radius 3 is 2.71 bits per heavy atom. The van der Waals surface area contributed by atoms with Crippen LogP contribution >= 0.6 is 0 Å². The zero-order chi connectivity index (χ0) is 16.7. The summed E-state index contributed by atoms with van der Waals surface area (Å²) in [6.07, 6.45) is 3.39. The highest BCUT2D eigenvalue weighted by Crippen LogP contribution is 2.56. The van der Waals surface area contributed by atoms with Crippen molar-refractivity contribution in [2.75, 3.05) is 0 Å². The molecule has 2 fully saturated rings. The quantitative estimate of drug-likeness (QED) is 0.935. The van der Waals surface area contributed by atoms with Gasteiger partial charge in [0.05, 0.1) is 11.8 Å². The minimum atomic E-state index is -0.0322. The van der Waals surface area contributed by atoms with Crippen LogP contribution in [0.5, 0.6) is 0 Å². The molecule has 1 heterocycles. The zero-order valence-corrected chi connectivity index (χ0v) is 14.1. The number of nitrogens with one attached hydrogen (secondary N) is 1. The van der Waals surface area contributed by atoms with Crippen molar-refractivity contribution in [3.8, 4) is 11.4 Å². The molecular formula is C19H23N3O2. The molecule has 5 heteroatoms. The van der Waals surface area contributed by atoms with Crippen LogP contribution in [-0.2, 0) is 4.79 Å². The fourth-order valence-corrected chi connectivity index (χ4v) is 4.48. The van der Waals surface area contributed by atoms with E-state index in [2.05, 4.69) is 15.5 Å². The van der Waals surface area contributed by atoms with E-state index < -0.39 is 0 Å². The Morgan fingerprint density at radius 1 is 1.21 bits per heavy atom. The summed E-state index contributed by atoms with van der Waals surface area (Å²) in [4.78, 5) is 17.3. The highest BCUT2D eigenvalue weighted by atomic mass is 16.5. The van der Waals surface area contributed by atoms with Crippen LogP contribution in [0.1, 0.15) is 44.9 Å². The predicted octanol–water partition coefficient (Wildman–Crippen LogP) is 3.39. The normalized spacial score (nSPS) is 28.5. The first kappa shape index (κ1) is 15.4. The molecule has 4 atom stereocenters. The molecule has 1 N–H and O–H groups in total. The number of hydrogen-bond acceptors (Lipinski definition) is 4. The molecule has 0 aliphatic heterocycles. The number of nitrogens with zero attached hydrogens (tertiary/aromatic N) is 2. The maximum atomic E-state index is 12.7. The van der Waals surface area contributed by atoms with Crippen molar-refractivity contribution in [2.45, 2.75) is 45.1 Å². The SMILES string of the molecule is CC(C)NC(=O)[C@H]1[C@H]2CC[C@H](C2)[C@@H]1c1nc(-c2ccccc2)no1. The smallest absolute Gasteiger partial charge is 0.231 e. The van der Waals surface area contributed by atoms with Gasteiger partial charge in [0.25, 0.3) is 0 Å². The molecule has 2 aromatic rings. The summed E-state index contributed by atoms with van der Waals surface area (Å²) in [5.41, 5.74) is 0.943. The number of rotatable bonds is 4. The van der Waals surface area contributed by atoms with Crippen LogP contribution in [0, 0.1) is 17.8 Å². The Labute approximate surface area is 141 Å². The molecule has 24 heavy (non-hydrogen) atoms. The Balaban J connectivity index is 1.62. The van der Waals surface area contributed by atoms with Crippen molar-refractivity contribution in [3.05, 3.63) is 36.2 Å². The lowest BCUT2D eigenvalue weighted by molar-refractivity contribution is -0.128. The Morgan fingerprint density at radius 2 is 1.96 bits per heavy atom. The molecule has 0 unspecified atom stereocenters. The van der Waals surface area contributed by atoms with Crippen molar-refractivity contribution in [1.29, 1.82) is 0 Å². The summed E-state index contributed by atoms with van der Waals surface area (Å²) in [5.74, 6) is 2.35. The molecule has 0 spiro atoms. The first-order chi connectivity index (χ1) is 11.6. The van der Waals surface area contributed by atoms with Crippen molar-refractivity contribution in [3.63, 3.8) is 0 Å². The summed E-state index contributed by atoms with van der Waals surface area (Å²) >= 11 is 0. The molecular weight excluding hydrogens is 302 g/mol. The van der Waals surface area contributed by atoms with Crippen LogP contribution in [0.25, 0.3) is 11.4 Å². The zero-order valence-electron chi connectivity index (χ0n) is 14.1. The second-order valence-electron chi connectivity index (χ2n) is 7.37. The first-order valence-corrected chi connectivity index (χ1v) is 8.83. The number of aromatic nitrogens is 2. The summed E-state index contributed by atoms with van der Waals surface area (Å²) in [5, 5.41) is 7.23. The topological polar surface area (TPSA) is 68.0 Å². The van der Waals surface area contributed by atoms with E-state index in [-0.39, 0.29) is 23.8 Å². The van der Waals surface area contributed by atoms with E-state index in [1.165, 1.54) is 0 Å². The summed E-state index contributed by atoms with van der Waals surface area (Å²) in [6.45, 7) is 4.00. The number of benzene rings is 1. The van der Waals surface area contributed by atoms with Crippen LogP contribution in [-0.4, -0.2) is 22.1 Å². The van der Waals surface area contributed by atoms with Gasteiger partial charge in [-0.2, -0.15) is 4.98 Å². The number of fused-ring (bicyclic) bond motifs is 2. The van der Waals surface area contributed by atoms with Crippen LogP contribution in [0.3, 0.4) is 0 Å². The van der Waals surface area contributed by atoms with Crippen molar-refractivity contribution in [2.24, 2.45) is 17.8 Å². The van der Waals surface area contributed by atoms with E-state index in [0.717, 1.165) is 24.8 Å². The first-order valence-electron chi connectivity index (χ1n) is 8.83. The van der Waals surface area contributed by atoms with Gasteiger partial charge in [0.2, 0.25) is 17.6 Å². The Kier molecular flexibility index (Phi) is 3.87. The molecule has 1 amide bonds.